The Labute approximate surface area is 123 Å². The molecule has 0 aliphatic carbocycles. The standard InChI is InChI=1S/C14H20N6O/c1-11(20-9-5-7-16-20)14(21)15-10-13-18-17-12-6-3-2-4-8-19(12)13/h5,7,9,11H,2-4,6,8,10H2,1H3,(H,15,21)/t11-/m1/s1. The maximum atomic E-state index is 12.1. The molecule has 2 aromatic heterocycles. The smallest absolute Gasteiger partial charge is 0.244 e. The van der Waals surface area contributed by atoms with Crippen molar-refractivity contribution in [3.05, 3.63) is 30.1 Å². The molecule has 1 aliphatic heterocycles. The van der Waals surface area contributed by atoms with Gasteiger partial charge in [-0.25, -0.2) is 0 Å². The van der Waals surface area contributed by atoms with Crippen molar-refractivity contribution in [3.63, 3.8) is 0 Å². The molecule has 7 heteroatoms. The van der Waals surface area contributed by atoms with Crippen LogP contribution in [0.4, 0.5) is 0 Å². The maximum absolute atomic E-state index is 12.1. The van der Waals surface area contributed by atoms with Gasteiger partial charge in [-0.15, -0.1) is 10.2 Å². The Morgan fingerprint density at radius 3 is 3.10 bits per heavy atom. The summed E-state index contributed by atoms with van der Waals surface area (Å²) in [4.78, 5) is 12.1. The predicted octanol–water partition coefficient (Wildman–Crippen LogP) is 1.08. The van der Waals surface area contributed by atoms with Crippen LogP contribution in [-0.4, -0.2) is 30.5 Å². The summed E-state index contributed by atoms with van der Waals surface area (Å²) in [6, 6.07) is 1.48. The Hall–Kier alpha value is -2.18. The molecule has 1 amide bonds. The Morgan fingerprint density at radius 2 is 2.29 bits per heavy atom. The van der Waals surface area contributed by atoms with Crippen LogP contribution >= 0.6 is 0 Å². The monoisotopic (exact) mass is 288 g/mol. The van der Waals surface area contributed by atoms with E-state index in [1.54, 1.807) is 17.1 Å². The van der Waals surface area contributed by atoms with E-state index in [2.05, 4.69) is 25.2 Å². The van der Waals surface area contributed by atoms with E-state index in [9.17, 15) is 4.79 Å². The highest BCUT2D eigenvalue weighted by molar-refractivity contribution is 5.79. The summed E-state index contributed by atoms with van der Waals surface area (Å²) < 4.78 is 3.78. The van der Waals surface area contributed by atoms with E-state index in [0.29, 0.717) is 6.54 Å². The van der Waals surface area contributed by atoms with Crippen LogP contribution in [0, 0.1) is 0 Å². The highest BCUT2D eigenvalue weighted by Gasteiger charge is 2.18. The van der Waals surface area contributed by atoms with Gasteiger partial charge in [0.15, 0.2) is 5.82 Å². The van der Waals surface area contributed by atoms with Gasteiger partial charge in [-0.3, -0.25) is 9.48 Å². The molecule has 0 bridgehead atoms. The van der Waals surface area contributed by atoms with Gasteiger partial charge in [0.25, 0.3) is 0 Å². The van der Waals surface area contributed by atoms with Gasteiger partial charge in [-0.2, -0.15) is 5.10 Å². The van der Waals surface area contributed by atoms with Gasteiger partial charge in [0.05, 0.1) is 6.54 Å². The Balaban J connectivity index is 1.63. The zero-order valence-electron chi connectivity index (χ0n) is 12.2. The summed E-state index contributed by atoms with van der Waals surface area (Å²) in [6.07, 6.45) is 7.97. The molecule has 0 aromatic carbocycles. The van der Waals surface area contributed by atoms with Gasteiger partial charge in [-0.1, -0.05) is 6.42 Å². The average Bonchev–Trinajstić information content (AvgIpc) is 3.09. The number of rotatable bonds is 4. The number of amides is 1. The fraction of sp³-hybridized carbons (Fsp3) is 0.571. The highest BCUT2D eigenvalue weighted by atomic mass is 16.2. The second-order valence-electron chi connectivity index (χ2n) is 5.37. The quantitative estimate of drug-likeness (QED) is 0.913. The lowest BCUT2D eigenvalue weighted by Crippen LogP contribution is -2.31. The number of hydrogen-bond donors (Lipinski definition) is 1. The second-order valence-corrected chi connectivity index (χ2v) is 5.37. The summed E-state index contributed by atoms with van der Waals surface area (Å²) in [7, 11) is 0. The van der Waals surface area contributed by atoms with Crippen molar-refractivity contribution >= 4 is 5.91 Å². The molecule has 1 atom stereocenters. The van der Waals surface area contributed by atoms with Crippen LogP contribution in [0.5, 0.6) is 0 Å². The molecule has 0 fully saturated rings. The van der Waals surface area contributed by atoms with Crippen LogP contribution in [-0.2, 0) is 24.3 Å². The van der Waals surface area contributed by atoms with Crippen LogP contribution in [0.2, 0.25) is 0 Å². The first-order valence-electron chi connectivity index (χ1n) is 7.43. The summed E-state index contributed by atoms with van der Waals surface area (Å²) in [5.74, 6) is 1.81. The van der Waals surface area contributed by atoms with Crippen molar-refractivity contribution < 1.29 is 4.79 Å². The van der Waals surface area contributed by atoms with Crippen LogP contribution in [0.25, 0.3) is 0 Å². The minimum atomic E-state index is -0.327. The van der Waals surface area contributed by atoms with Crippen molar-refractivity contribution in [2.45, 2.75) is 51.7 Å². The minimum Gasteiger partial charge on any atom is -0.347 e. The van der Waals surface area contributed by atoms with Crippen LogP contribution in [0.15, 0.2) is 18.5 Å². The van der Waals surface area contributed by atoms with Gasteiger partial charge < -0.3 is 9.88 Å². The van der Waals surface area contributed by atoms with Crippen LogP contribution in [0.1, 0.15) is 43.9 Å². The van der Waals surface area contributed by atoms with Crippen molar-refractivity contribution in [2.24, 2.45) is 0 Å². The number of aryl methyl sites for hydroxylation is 1. The number of nitrogens with zero attached hydrogens (tertiary/aromatic N) is 5. The van der Waals surface area contributed by atoms with E-state index in [1.807, 2.05) is 13.0 Å². The zero-order chi connectivity index (χ0) is 14.7. The number of fused-ring (bicyclic) bond motifs is 1. The molecule has 0 saturated carbocycles. The first kappa shape index (κ1) is 13.8. The topological polar surface area (TPSA) is 77.6 Å². The summed E-state index contributed by atoms with van der Waals surface area (Å²) in [6.45, 7) is 3.19. The second kappa shape index (κ2) is 6.07. The van der Waals surface area contributed by atoms with Gasteiger partial charge in [0.1, 0.15) is 11.9 Å². The molecule has 1 N–H and O–H groups in total. The van der Waals surface area contributed by atoms with Gasteiger partial charge in [0.2, 0.25) is 5.91 Å². The Kier molecular flexibility index (Phi) is 3.98. The lowest BCUT2D eigenvalue weighted by atomic mass is 10.2. The van der Waals surface area contributed by atoms with E-state index in [1.165, 1.54) is 12.8 Å². The van der Waals surface area contributed by atoms with Crippen molar-refractivity contribution in [3.8, 4) is 0 Å². The molecular formula is C14H20N6O. The first-order valence-corrected chi connectivity index (χ1v) is 7.43. The molecule has 7 nitrogen and oxygen atoms in total. The highest BCUT2D eigenvalue weighted by Crippen LogP contribution is 2.14. The van der Waals surface area contributed by atoms with Crippen LogP contribution in [0.3, 0.4) is 0 Å². The van der Waals surface area contributed by atoms with Crippen molar-refractivity contribution in [1.29, 1.82) is 0 Å². The average molecular weight is 288 g/mol. The van der Waals surface area contributed by atoms with Gasteiger partial charge >= 0.3 is 0 Å². The maximum Gasteiger partial charge on any atom is 0.244 e. The lowest BCUT2D eigenvalue weighted by Gasteiger charge is -2.13. The van der Waals surface area contributed by atoms with Crippen molar-refractivity contribution in [1.82, 2.24) is 29.9 Å². The first-order chi connectivity index (χ1) is 10.3. The Morgan fingerprint density at radius 1 is 1.38 bits per heavy atom. The normalized spacial score (nSPS) is 16.0. The number of aromatic nitrogens is 5. The number of nitrogens with one attached hydrogen (secondary N) is 1. The molecule has 2 aromatic rings. The lowest BCUT2D eigenvalue weighted by molar-refractivity contribution is -0.124. The van der Waals surface area contributed by atoms with Crippen molar-refractivity contribution in [2.75, 3.05) is 0 Å². The number of carbonyl (C=O) groups excluding carboxylic acids is 1. The molecular weight excluding hydrogens is 268 g/mol. The number of hydrogen-bond acceptors (Lipinski definition) is 4. The fourth-order valence-corrected chi connectivity index (χ4v) is 2.62. The van der Waals surface area contributed by atoms with E-state index < -0.39 is 0 Å². The Bertz CT molecular complexity index is 603. The van der Waals surface area contributed by atoms with E-state index >= 15 is 0 Å². The van der Waals surface area contributed by atoms with Gasteiger partial charge in [-0.05, 0) is 25.8 Å². The molecule has 0 unspecified atom stereocenters. The van der Waals surface area contributed by atoms with E-state index in [-0.39, 0.29) is 11.9 Å². The third-order valence-electron chi connectivity index (χ3n) is 3.91. The molecule has 3 rings (SSSR count). The van der Waals surface area contributed by atoms with Gasteiger partial charge in [0, 0.05) is 25.4 Å². The molecule has 0 saturated heterocycles. The minimum absolute atomic E-state index is 0.0651. The summed E-state index contributed by atoms with van der Waals surface area (Å²) in [5, 5.41) is 15.5. The molecule has 21 heavy (non-hydrogen) atoms. The molecule has 0 spiro atoms. The number of carbonyl (C=O) groups is 1. The third-order valence-corrected chi connectivity index (χ3v) is 3.91. The summed E-state index contributed by atoms with van der Waals surface area (Å²) in [5.41, 5.74) is 0. The SMILES string of the molecule is C[C@H](C(=O)NCc1nnc2n1CCCCC2)n1cccn1. The third kappa shape index (κ3) is 2.96. The molecule has 3 heterocycles. The molecule has 1 aliphatic rings. The largest absolute Gasteiger partial charge is 0.347 e. The molecule has 112 valence electrons. The summed E-state index contributed by atoms with van der Waals surface area (Å²) >= 11 is 0. The zero-order valence-corrected chi connectivity index (χ0v) is 12.2. The van der Waals surface area contributed by atoms with E-state index in [4.69, 9.17) is 0 Å². The fourth-order valence-electron chi connectivity index (χ4n) is 2.62. The molecule has 0 radical (unpaired) electrons. The van der Waals surface area contributed by atoms with Crippen LogP contribution < -0.4 is 5.32 Å². The van der Waals surface area contributed by atoms with E-state index in [0.717, 1.165) is 31.0 Å². The predicted molar refractivity (Wildman–Crippen MR) is 76.4 cm³/mol.